The fourth-order valence-corrected chi connectivity index (χ4v) is 1.89. The normalized spacial score (nSPS) is 15.8. The second-order valence-electron chi connectivity index (χ2n) is 5.71. The molecule has 1 aromatic heterocycles. The van der Waals surface area contributed by atoms with Gasteiger partial charge in [0.15, 0.2) is 5.75 Å². The highest BCUT2D eigenvalue weighted by atomic mass is 35.5. The molecule has 0 aliphatic carbocycles. The molecule has 7 heteroatoms. The molecule has 6 nitrogen and oxygen atoms in total. The largest absolute Gasteiger partial charge is 0.483 e. The monoisotopic (exact) mass is 299 g/mol. The van der Waals surface area contributed by atoms with E-state index in [4.69, 9.17) is 21.1 Å². The number of nitrogens with zero attached hydrogens (tertiary/aromatic N) is 3. The van der Waals surface area contributed by atoms with E-state index in [9.17, 15) is 4.79 Å². The molecule has 1 aliphatic heterocycles. The quantitative estimate of drug-likeness (QED) is 0.785. The minimum Gasteiger partial charge on any atom is -0.483 e. The topological polar surface area (TPSA) is 64.6 Å². The van der Waals surface area contributed by atoms with Crippen molar-refractivity contribution >= 4 is 17.7 Å². The minimum atomic E-state index is -0.483. The van der Waals surface area contributed by atoms with Gasteiger partial charge in [0.25, 0.3) is 0 Å². The Morgan fingerprint density at radius 3 is 2.65 bits per heavy atom. The van der Waals surface area contributed by atoms with E-state index in [1.807, 2.05) is 20.8 Å². The van der Waals surface area contributed by atoms with Crippen molar-refractivity contribution < 1.29 is 14.3 Å². The van der Waals surface area contributed by atoms with Gasteiger partial charge in [0.05, 0.1) is 25.0 Å². The van der Waals surface area contributed by atoms with E-state index in [2.05, 4.69) is 9.97 Å². The lowest BCUT2D eigenvalue weighted by molar-refractivity contribution is -0.0224. The lowest BCUT2D eigenvalue weighted by Gasteiger charge is -2.39. The maximum atomic E-state index is 11.8. The van der Waals surface area contributed by atoms with Crippen LogP contribution in [0.2, 0.25) is 5.28 Å². The molecule has 0 spiro atoms. The molecule has 0 aromatic carbocycles. The highest BCUT2D eigenvalue weighted by molar-refractivity contribution is 6.28. The van der Waals surface area contributed by atoms with Crippen LogP contribution in [0.1, 0.15) is 26.5 Å². The molecular weight excluding hydrogens is 282 g/mol. The Bertz CT molecular complexity index is 510. The maximum Gasteiger partial charge on any atom is 0.410 e. The van der Waals surface area contributed by atoms with Crippen molar-refractivity contribution in [2.45, 2.75) is 39.4 Å². The van der Waals surface area contributed by atoms with Crippen LogP contribution in [0.3, 0.4) is 0 Å². The smallest absolute Gasteiger partial charge is 0.410 e. The first-order valence-electron chi connectivity index (χ1n) is 6.38. The van der Waals surface area contributed by atoms with Gasteiger partial charge in [0, 0.05) is 0 Å². The fourth-order valence-electron chi connectivity index (χ4n) is 1.71. The number of carbonyl (C=O) groups is 1. The number of aryl methyl sites for hydroxylation is 1. The van der Waals surface area contributed by atoms with Crippen LogP contribution in [0, 0.1) is 6.92 Å². The first kappa shape index (κ1) is 14.8. The number of amides is 1. The third-order valence-corrected chi connectivity index (χ3v) is 2.88. The lowest BCUT2D eigenvalue weighted by Crippen LogP contribution is -2.57. The SMILES string of the molecule is Cc1nc(Cl)ncc1OC1CN(C(=O)OC(C)(C)C)C1. The molecule has 1 saturated heterocycles. The Kier molecular flexibility index (Phi) is 4.04. The molecule has 1 aliphatic rings. The second kappa shape index (κ2) is 5.44. The summed E-state index contributed by atoms with van der Waals surface area (Å²) < 4.78 is 11.0. The maximum absolute atomic E-state index is 11.8. The van der Waals surface area contributed by atoms with Crippen LogP contribution in [-0.2, 0) is 4.74 Å². The van der Waals surface area contributed by atoms with E-state index >= 15 is 0 Å². The molecule has 1 aromatic rings. The predicted molar refractivity (Wildman–Crippen MR) is 74.0 cm³/mol. The summed E-state index contributed by atoms with van der Waals surface area (Å²) in [4.78, 5) is 21.2. The number of ether oxygens (including phenoxy) is 2. The van der Waals surface area contributed by atoms with E-state index in [0.29, 0.717) is 24.5 Å². The highest BCUT2D eigenvalue weighted by Crippen LogP contribution is 2.22. The van der Waals surface area contributed by atoms with Crippen molar-refractivity contribution in [1.82, 2.24) is 14.9 Å². The molecule has 2 heterocycles. The molecule has 20 heavy (non-hydrogen) atoms. The summed E-state index contributed by atoms with van der Waals surface area (Å²) >= 11 is 5.68. The van der Waals surface area contributed by atoms with Crippen molar-refractivity contribution in [2.24, 2.45) is 0 Å². The van der Waals surface area contributed by atoms with Crippen LogP contribution < -0.4 is 4.74 Å². The van der Waals surface area contributed by atoms with Crippen LogP contribution in [0.25, 0.3) is 0 Å². The Labute approximate surface area is 123 Å². The Balaban J connectivity index is 1.83. The standard InChI is InChI=1S/C13H18ClN3O3/c1-8-10(5-15-11(14)16-8)19-9-6-17(7-9)12(18)20-13(2,3)4/h5,9H,6-7H2,1-4H3. The first-order chi connectivity index (χ1) is 9.24. The van der Waals surface area contributed by atoms with Gasteiger partial charge in [-0.1, -0.05) is 0 Å². The average molecular weight is 300 g/mol. The molecular formula is C13H18ClN3O3. The highest BCUT2D eigenvalue weighted by Gasteiger charge is 2.35. The number of halogens is 1. The molecule has 0 atom stereocenters. The zero-order valence-corrected chi connectivity index (χ0v) is 12.8. The van der Waals surface area contributed by atoms with Crippen molar-refractivity contribution in [1.29, 1.82) is 0 Å². The average Bonchev–Trinajstić information content (AvgIpc) is 2.22. The Morgan fingerprint density at radius 2 is 2.10 bits per heavy atom. The van der Waals surface area contributed by atoms with Gasteiger partial charge >= 0.3 is 6.09 Å². The van der Waals surface area contributed by atoms with Crippen LogP contribution in [0.5, 0.6) is 5.75 Å². The molecule has 0 unspecified atom stereocenters. The fraction of sp³-hybridized carbons (Fsp3) is 0.615. The summed E-state index contributed by atoms with van der Waals surface area (Å²) in [5.74, 6) is 0.586. The van der Waals surface area contributed by atoms with Crippen LogP contribution in [-0.4, -0.2) is 45.8 Å². The zero-order valence-electron chi connectivity index (χ0n) is 12.0. The van der Waals surface area contributed by atoms with Gasteiger partial charge in [-0.15, -0.1) is 0 Å². The molecule has 0 radical (unpaired) electrons. The van der Waals surface area contributed by atoms with E-state index in [0.717, 1.165) is 0 Å². The first-order valence-corrected chi connectivity index (χ1v) is 6.76. The molecule has 0 N–H and O–H groups in total. The molecule has 0 bridgehead atoms. The molecule has 1 amide bonds. The zero-order chi connectivity index (χ0) is 14.9. The van der Waals surface area contributed by atoms with Gasteiger partial charge in [-0.3, -0.25) is 0 Å². The predicted octanol–water partition coefficient (Wildman–Crippen LogP) is 2.44. The van der Waals surface area contributed by atoms with Crippen molar-refractivity contribution in [2.75, 3.05) is 13.1 Å². The van der Waals surface area contributed by atoms with Crippen molar-refractivity contribution in [3.63, 3.8) is 0 Å². The Morgan fingerprint density at radius 1 is 1.45 bits per heavy atom. The number of aromatic nitrogens is 2. The van der Waals surface area contributed by atoms with Crippen LogP contribution in [0.15, 0.2) is 6.20 Å². The third-order valence-electron chi connectivity index (χ3n) is 2.70. The minimum absolute atomic E-state index is 0.0639. The number of likely N-dealkylation sites (tertiary alicyclic amines) is 1. The molecule has 110 valence electrons. The summed E-state index contributed by atoms with van der Waals surface area (Å²) in [6, 6.07) is 0. The van der Waals surface area contributed by atoms with Crippen molar-refractivity contribution in [3.8, 4) is 5.75 Å². The van der Waals surface area contributed by atoms with Crippen molar-refractivity contribution in [3.05, 3.63) is 17.2 Å². The summed E-state index contributed by atoms with van der Waals surface area (Å²) in [6.07, 6.45) is 1.16. The van der Waals surface area contributed by atoms with Crippen LogP contribution in [0.4, 0.5) is 4.79 Å². The number of hydrogen-bond acceptors (Lipinski definition) is 5. The second-order valence-corrected chi connectivity index (χ2v) is 6.05. The van der Waals surface area contributed by atoms with Crippen LogP contribution >= 0.6 is 11.6 Å². The Hall–Kier alpha value is -1.56. The van der Waals surface area contributed by atoms with E-state index in [1.165, 1.54) is 0 Å². The lowest BCUT2D eigenvalue weighted by atomic mass is 10.1. The van der Waals surface area contributed by atoms with Gasteiger partial charge < -0.3 is 14.4 Å². The summed E-state index contributed by atoms with van der Waals surface area (Å²) in [7, 11) is 0. The summed E-state index contributed by atoms with van der Waals surface area (Å²) in [5, 5.41) is 0.193. The number of carbonyl (C=O) groups excluding carboxylic acids is 1. The summed E-state index contributed by atoms with van der Waals surface area (Å²) in [5.41, 5.74) is 0.199. The van der Waals surface area contributed by atoms with Gasteiger partial charge in [0.1, 0.15) is 11.7 Å². The van der Waals surface area contributed by atoms with E-state index < -0.39 is 5.60 Å². The number of rotatable bonds is 2. The molecule has 1 fully saturated rings. The van der Waals surface area contributed by atoms with Gasteiger partial charge in [0.2, 0.25) is 5.28 Å². The molecule has 2 rings (SSSR count). The third kappa shape index (κ3) is 3.72. The number of hydrogen-bond donors (Lipinski definition) is 0. The van der Waals surface area contributed by atoms with Gasteiger partial charge in [-0.05, 0) is 39.3 Å². The molecule has 0 saturated carbocycles. The van der Waals surface area contributed by atoms with Gasteiger partial charge in [-0.25, -0.2) is 14.8 Å². The van der Waals surface area contributed by atoms with E-state index in [-0.39, 0.29) is 17.5 Å². The van der Waals surface area contributed by atoms with E-state index in [1.54, 1.807) is 18.0 Å². The van der Waals surface area contributed by atoms with Gasteiger partial charge in [-0.2, -0.15) is 0 Å². The summed E-state index contributed by atoms with van der Waals surface area (Å²) in [6.45, 7) is 8.31.